The molecule has 114 valence electrons. The SMILES string of the molecule is COc1ccc(OC)c(C=CC(=O)c2cc(Br)ccc2O)c1. The maximum absolute atomic E-state index is 12.2. The zero-order valence-corrected chi connectivity index (χ0v) is 13.8. The fourth-order valence-electron chi connectivity index (χ4n) is 1.93. The zero-order chi connectivity index (χ0) is 16.1. The van der Waals surface area contributed by atoms with Crippen LogP contribution in [0.2, 0.25) is 0 Å². The van der Waals surface area contributed by atoms with E-state index in [9.17, 15) is 9.90 Å². The first kappa shape index (κ1) is 16.1. The molecule has 0 heterocycles. The number of phenols is 1. The fraction of sp³-hybridized carbons (Fsp3) is 0.118. The fourth-order valence-corrected chi connectivity index (χ4v) is 2.29. The maximum atomic E-state index is 12.2. The Morgan fingerprint density at radius 2 is 1.91 bits per heavy atom. The number of hydrogen-bond acceptors (Lipinski definition) is 4. The lowest BCUT2D eigenvalue weighted by atomic mass is 10.1. The minimum absolute atomic E-state index is 0.0598. The number of ether oxygens (including phenoxy) is 2. The molecule has 0 bridgehead atoms. The lowest BCUT2D eigenvalue weighted by molar-refractivity contribution is 0.104. The second-order valence-electron chi connectivity index (χ2n) is 4.47. The average Bonchev–Trinajstić information content (AvgIpc) is 2.54. The highest BCUT2D eigenvalue weighted by Gasteiger charge is 2.09. The Labute approximate surface area is 137 Å². The van der Waals surface area contributed by atoms with Crippen molar-refractivity contribution in [2.75, 3.05) is 14.2 Å². The van der Waals surface area contributed by atoms with Crippen molar-refractivity contribution in [3.05, 3.63) is 58.1 Å². The molecule has 0 aliphatic rings. The number of carbonyl (C=O) groups is 1. The first-order valence-corrected chi connectivity index (χ1v) is 7.27. The summed E-state index contributed by atoms with van der Waals surface area (Å²) in [4.78, 5) is 12.2. The highest BCUT2D eigenvalue weighted by Crippen LogP contribution is 2.26. The van der Waals surface area contributed by atoms with E-state index in [-0.39, 0.29) is 17.1 Å². The van der Waals surface area contributed by atoms with Gasteiger partial charge in [-0.15, -0.1) is 0 Å². The molecule has 2 aromatic carbocycles. The molecule has 2 rings (SSSR count). The predicted octanol–water partition coefficient (Wildman–Crippen LogP) is 4.07. The average molecular weight is 363 g/mol. The van der Waals surface area contributed by atoms with Crippen LogP contribution in [-0.4, -0.2) is 25.1 Å². The minimum atomic E-state index is -0.302. The van der Waals surface area contributed by atoms with Crippen LogP contribution in [0.25, 0.3) is 6.08 Å². The van der Waals surface area contributed by atoms with Crippen LogP contribution in [-0.2, 0) is 0 Å². The molecule has 0 amide bonds. The van der Waals surface area contributed by atoms with Gasteiger partial charge in [-0.3, -0.25) is 4.79 Å². The summed E-state index contributed by atoms with van der Waals surface area (Å²) in [5.41, 5.74) is 0.942. The van der Waals surface area contributed by atoms with Crippen molar-refractivity contribution in [2.45, 2.75) is 0 Å². The van der Waals surface area contributed by atoms with E-state index in [4.69, 9.17) is 9.47 Å². The molecule has 0 unspecified atom stereocenters. The van der Waals surface area contributed by atoms with Gasteiger partial charge in [0.2, 0.25) is 0 Å². The van der Waals surface area contributed by atoms with Gasteiger partial charge < -0.3 is 14.6 Å². The lowest BCUT2D eigenvalue weighted by Gasteiger charge is -2.07. The summed E-state index contributed by atoms with van der Waals surface area (Å²) in [5.74, 6) is 0.931. The van der Waals surface area contributed by atoms with Crippen molar-refractivity contribution in [2.24, 2.45) is 0 Å². The molecular weight excluding hydrogens is 348 g/mol. The second kappa shape index (κ2) is 7.13. The Balaban J connectivity index is 2.31. The molecule has 0 saturated carbocycles. The summed E-state index contributed by atoms with van der Waals surface area (Å²) in [6.45, 7) is 0. The monoisotopic (exact) mass is 362 g/mol. The first-order chi connectivity index (χ1) is 10.5. The number of carbonyl (C=O) groups excluding carboxylic acids is 1. The van der Waals surface area contributed by atoms with E-state index < -0.39 is 0 Å². The van der Waals surface area contributed by atoms with Gasteiger partial charge in [-0.1, -0.05) is 15.9 Å². The minimum Gasteiger partial charge on any atom is -0.507 e. The smallest absolute Gasteiger partial charge is 0.189 e. The molecule has 4 nitrogen and oxygen atoms in total. The molecule has 0 fully saturated rings. The van der Waals surface area contributed by atoms with Gasteiger partial charge in [0.05, 0.1) is 19.8 Å². The van der Waals surface area contributed by atoms with Crippen LogP contribution in [0.3, 0.4) is 0 Å². The van der Waals surface area contributed by atoms with Crippen LogP contribution in [0.1, 0.15) is 15.9 Å². The second-order valence-corrected chi connectivity index (χ2v) is 5.38. The Morgan fingerprint density at radius 1 is 1.14 bits per heavy atom. The molecule has 0 saturated heterocycles. The van der Waals surface area contributed by atoms with Crippen molar-refractivity contribution < 1.29 is 19.4 Å². The summed E-state index contributed by atoms with van der Waals surface area (Å²) >= 11 is 3.28. The summed E-state index contributed by atoms with van der Waals surface area (Å²) < 4.78 is 11.1. The van der Waals surface area contributed by atoms with Gasteiger partial charge in [0.15, 0.2) is 5.78 Å². The van der Waals surface area contributed by atoms with Crippen LogP contribution in [0.15, 0.2) is 46.9 Å². The van der Waals surface area contributed by atoms with Crippen molar-refractivity contribution in [1.29, 1.82) is 0 Å². The lowest BCUT2D eigenvalue weighted by Crippen LogP contribution is -1.95. The topological polar surface area (TPSA) is 55.8 Å². The normalized spacial score (nSPS) is 10.7. The standard InChI is InChI=1S/C17H15BrO4/c1-21-13-5-8-17(22-2)11(9-13)3-6-15(19)14-10-12(18)4-7-16(14)20/h3-10,20H,1-2H3. The Bertz CT molecular complexity index is 723. The number of benzene rings is 2. The van der Waals surface area contributed by atoms with Crippen molar-refractivity contribution in [3.8, 4) is 17.2 Å². The van der Waals surface area contributed by atoms with Gasteiger partial charge in [-0.2, -0.15) is 0 Å². The van der Waals surface area contributed by atoms with Crippen LogP contribution >= 0.6 is 15.9 Å². The highest BCUT2D eigenvalue weighted by atomic mass is 79.9. The number of aromatic hydroxyl groups is 1. The molecule has 0 radical (unpaired) electrons. The van der Waals surface area contributed by atoms with E-state index in [1.807, 2.05) is 0 Å². The first-order valence-electron chi connectivity index (χ1n) is 6.48. The number of allylic oxidation sites excluding steroid dienone is 1. The molecule has 1 N–H and O–H groups in total. The number of rotatable bonds is 5. The third-order valence-corrected chi connectivity index (χ3v) is 3.57. The van der Waals surface area contributed by atoms with Crippen molar-refractivity contribution in [3.63, 3.8) is 0 Å². The quantitative estimate of drug-likeness (QED) is 0.643. The van der Waals surface area contributed by atoms with Crippen LogP contribution in [0, 0.1) is 0 Å². The largest absolute Gasteiger partial charge is 0.507 e. The molecule has 5 heteroatoms. The number of methoxy groups -OCH3 is 2. The zero-order valence-electron chi connectivity index (χ0n) is 12.2. The third kappa shape index (κ3) is 3.68. The van der Waals surface area contributed by atoms with E-state index in [2.05, 4.69) is 15.9 Å². The Morgan fingerprint density at radius 3 is 2.59 bits per heavy atom. The number of halogens is 1. The Kier molecular flexibility index (Phi) is 5.22. The third-order valence-electron chi connectivity index (χ3n) is 3.08. The summed E-state index contributed by atoms with van der Waals surface area (Å²) in [6.07, 6.45) is 3.02. The van der Waals surface area contributed by atoms with Crippen molar-refractivity contribution >= 4 is 27.8 Å². The van der Waals surface area contributed by atoms with Gasteiger partial charge in [0.25, 0.3) is 0 Å². The molecule has 0 aromatic heterocycles. The molecular formula is C17H15BrO4. The number of phenolic OH excluding ortho intramolecular Hbond substituents is 1. The maximum Gasteiger partial charge on any atom is 0.189 e. The van der Waals surface area contributed by atoms with Crippen LogP contribution in [0.4, 0.5) is 0 Å². The number of ketones is 1. The van der Waals surface area contributed by atoms with E-state index in [0.29, 0.717) is 17.1 Å². The Hall–Kier alpha value is -2.27. The summed E-state index contributed by atoms with van der Waals surface area (Å²) in [5, 5.41) is 9.77. The van der Waals surface area contributed by atoms with Crippen LogP contribution < -0.4 is 9.47 Å². The van der Waals surface area contributed by atoms with E-state index >= 15 is 0 Å². The van der Waals surface area contributed by atoms with Gasteiger partial charge in [0.1, 0.15) is 17.2 Å². The molecule has 0 atom stereocenters. The van der Waals surface area contributed by atoms with E-state index in [1.165, 1.54) is 12.1 Å². The summed E-state index contributed by atoms with van der Waals surface area (Å²) in [6, 6.07) is 10.0. The molecule has 2 aromatic rings. The summed E-state index contributed by atoms with van der Waals surface area (Å²) in [7, 11) is 3.13. The molecule has 0 spiro atoms. The van der Waals surface area contributed by atoms with Gasteiger partial charge in [-0.25, -0.2) is 0 Å². The highest BCUT2D eigenvalue weighted by molar-refractivity contribution is 9.10. The van der Waals surface area contributed by atoms with E-state index in [1.54, 1.807) is 50.6 Å². The molecule has 0 aliphatic carbocycles. The predicted molar refractivity (Wildman–Crippen MR) is 88.7 cm³/mol. The van der Waals surface area contributed by atoms with Gasteiger partial charge in [-0.05, 0) is 48.6 Å². The van der Waals surface area contributed by atoms with Gasteiger partial charge >= 0.3 is 0 Å². The molecule has 22 heavy (non-hydrogen) atoms. The molecule has 0 aliphatic heterocycles. The van der Waals surface area contributed by atoms with Gasteiger partial charge in [0, 0.05) is 10.0 Å². The number of hydrogen-bond donors (Lipinski definition) is 1. The van der Waals surface area contributed by atoms with E-state index in [0.717, 1.165) is 4.47 Å². The van der Waals surface area contributed by atoms with Crippen LogP contribution in [0.5, 0.6) is 17.2 Å². The van der Waals surface area contributed by atoms with Crippen molar-refractivity contribution in [1.82, 2.24) is 0 Å².